The molecule has 0 saturated carbocycles. The van der Waals surface area contributed by atoms with Gasteiger partial charge < -0.3 is 10.0 Å². The molecule has 0 aromatic heterocycles. The van der Waals surface area contributed by atoms with Gasteiger partial charge in [-0.3, -0.25) is 9.59 Å². The third-order valence-corrected chi connectivity index (χ3v) is 5.09. The van der Waals surface area contributed by atoms with E-state index in [9.17, 15) is 14.7 Å². The molecule has 0 fully saturated rings. The van der Waals surface area contributed by atoms with Gasteiger partial charge in [0.15, 0.2) is 11.4 Å². The lowest BCUT2D eigenvalue weighted by molar-refractivity contribution is -0.135. The van der Waals surface area contributed by atoms with Crippen LogP contribution in [0.15, 0.2) is 53.0 Å². The van der Waals surface area contributed by atoms with Crippen molar-refractivity contribution >= 4 is 33.3 Å². The van der Waals surface area contributed by atoms with E-state index in [1.54, 1.807) is 41.3 Å². The minimum Gasteiger partial charge on any atom is -0.375 e. The van der Waals surface area contributed by atoms with Crippen LogP contribution in [0.5, 0.6) is 0 Å². The number of hydrogen-bond donors (Lipinski definition) is 1. The van der Waals surface area contributed by atoms with Crippen molar-refractivity contribution < 1.29 is 14.7 Å². The first-order valence-electron chi connectivity index (χ1n) is 8.40. The Labute approximate surface area is 155 Å². The first-order valence-corrected chi connectivity index (χ1v) is 9.19. The number of nitrogens with zero attached hydrogens (tertiary/aromatic N) is 1. The molecule has 0 aliphatic carbocycles. The molecule has 4 nitrogen and oxygen atoms in total. The number of ketones is 1. The molecule has 3 rings (SSSR count). The van der Waals surface area contributed by atoms with Gasteiger partial charge in [0.1, 0.15) is 0 Å². The normalized spacial score (nSPS) is 19.2. The maximum atomic E-state index is 12.9. The molecule has 0 bridgehead atoms. The van der Waals surface area contributed by atoms with Crippen LogP contribution in [0.4, 0.5) is 5.69 Å². The van der Waals surface area contributed by atoms with Crippen LogP contribution in [0.25, 0.3) is 0 Å². The van der Waals surface area contributed by atoms with Gasteiger partial charge in [-0.2, -0.15) is 0 Å². The van der Waals surface area contributed by atoms with Crippen molar-refractivity contribution in [1.29, 1.82) is 0 Å². The van der Waals surface area contributed by atoms with E-state index in [-0.39, 0.29) is 12.2 Å². The lowest BCUT2D eigenvalue weighted by Gasteiger charge is -2.22. The predicted octanol–water partition coefficient (Wildman–Crippen LogP) is 4.06. The summed E-state index contributed by atoms with van der Waals surface area (Å²) < 4.78 is 0.871. The Balaban J connectivity index is 1.92. The number of unbranched alkanes of at least 4 members (excludes halogenated alkanes) is 1. The zero-order valence-corrected chi connectivity index (χ0v) is 15.6. The second-order valence-electron chi connectivity index (χ2n) is 6.29. The summed E-state index contributed by atoms with van der Waals surface area (Å²) in [7, 11) is 0. The number of carbonyl (C=O) groups excluding carboxylic acids is 2. The molecule has 1 aliphatic rings. The zero-order chi connectivity index (χ0) is 18.0. The number of hydrogen-bond acceptors (Lipinski definition) is 3. The molecule has 2 aromatic rings. The highest BCUT2D eigenvalue weighted by atomic mass is 79.9. The van der Waals surface area contributed by atoms with E-state index in [1.165, 1.54) is 0 Å². The number of fused-ring (bicyclic) bond motifs is 1. The molecule has 1 amide bonds. The molecule has 5 heteroatoms. The SMILES string of the molecule is CCCCN1C(=O)[C@](O)(CC(=O)c2ccc(Br)cc2)c2ccccc21. The second-order valence-corrected chi connectivity index (χ2v) is 7.21. The number of halogens is 1. The fourth-order valence-corrected chi connectivity index (χ4v) is 3.45. The molecule has 0 unspecified atom stereocenters. The molecule has 1 heterocycles. The van der Waals surface area contributed by atoms with Crippen LogP contribution in [-0.2, 0) is 10.4 Å². The molecule has 0 radical (unpaired) electrons. The van der Waals surface area contributed by atoms with Gasteiger partial charge in [0.05, 0.1) is 12.1 Å². The zero-order valence-electron chi connectivity index (χ0n) is 14.0. The first kappa shape index (κ1) is 17.8. The lowest BCUT2D eigenvalue weighted by atomic mass is 9.88. The maximum Gasteiger partial charge on any atom is 0.264 e. The van der Waals surface area contributed by atoms with Crippen molar-refractivity contribution in [3.63, 3.8) is 0 Å². The number of carbonyl (C=O) groups is 2. The van der Waals surface area contributed by atoms with Crippen LogP contribution < -0.4 is 4.90 Å². The van der Waals surface area contributed by atoms with Crippen molar-refractivity contribution in [1.82, 2.24) is 0 Å². The average Bonchev–Trinajstić information content (AvgIpc) is 2.82. The van der Waals surface area contributed by atoms with Gasteiger partial charge in [-0.1, -0.05) is 59.6 Å². The summed E-state index contributed by atoms with van der Waals surface area (Å²) in [6.07, 6.45) is 1.53. The summed E-state index contributed by atoms with van der Waals surface area (Å²) >= 11 is 3.33. The van der Waals surface area contributed by atoms with Crippen molar-refractivity contribution in [2.24, 2.45) is 0 Å². The van der Waals surface area contributed by atoms with E-state index in [0.717, 1.165) is 17.3 Å². The number of aliphatic hydroxyl groups is 1. The number of amides is 1. The van der Waals surface area contributed by atoms with Gasteiger partial charge in [0.2, 0.25) is 0 Å². The number of rotatable bonds is 6. The predicted molar refractivity (Wildman–Crippen MR) is 101 cm³/mol. The third-order valence-electron chi connectivity index (χ3n) is 4.56. The van der Waals surface area contributed by atoms with Gasteiger partial charge in [-0.15, -0.1) is 0 Å². The summed E-state index contributed by atoms with van der Waals surface area (Å²) in [5.41, 5.74) is -0.100. The highest BCUT2D eigenvalue weighted by molar-refractivity contribution is 9.10. The average molecular weight is 402 g/mol. The molecule has 1 aliphatic heterocycles. The first-order chi connectivity index (χ1) is 12.0. The maximum absolute atomic E-state index is 12.9. The third kappa shape index (κ3) is 3.26. The Bertz CT molecular complexity index is 803. The van der Waals surface area contributed by atoms with Crippen molar-refractivity contribution in [2.75, 3.05) is 11.4 Å². The van der Waals surface area contributed by atoms with Crippen molar-refractivity contribution in [3.05, 3.63) is 64.1 Å². The number of benzene rings is 2. The quantitative estimate of drug-likeness (QED) is 0.742. The topological polar surface area (TPSA) is 57.6 Å². The Kier molecular flexibility index (Phi) is 5.06. The highest BCUT2D eigenvalue weighted by Gasteiger charge is 2.50. The summed E-state index contributed by atoms with van der Waals surface area (Å²) in [5.74, 6) is -0.664. The molecule has 0 saturated heterocycles. The van der Waals surface area contributed by atoms with E-state index >= 15 is 0 Å². The Morgan fingerprint density at radius 2 is 1.84 bits per heavy atom. The lowest BCUT2D eigenvalue weighted by Crippen LogP contribution is -2.42. The summed E-state index contributed by atoms with van der Waals surface area (Å²) in [5, 5.41) is 11.1. The molecular formula is C20H20BrNO3. The molecule has 130 valence electrons. The molecule has 1 atom stereocenters. The van der Waals surface area contributed by atoms with Gasteiger partial charge in [-0.05, 0) is 24.6 Å². The van der Waals surface area contributed by atoms with Crippen LogP contribution in [-0.4, -0.2) is 23.3 Å². The molecule has 2 aromatic carbocycles. The summed E-state index contributed by atoms with van der Waals surface area (Å²) in [4.78, 5) is 27.2. The largest absolute Gasteiger partial charge is 0.375 e. The van der Waals surface area contributed by atoms with E-state index in [2.05, 4.69) is 22.9 Å². The molecule has 25 heavy (non-hydrogen) atoms. The van der Waals surface area contributed by atoms with E-state index in [1.807, 2.05) is 12.1 Å². The fourth-order valence-electron chi connectivity index (χ4n) is 3.19. The smallest absolute Gasteiger partial charge is 0.264 e. The van der Waals surface area contributed by atoms with Gasteiger partial charge in [0.25, 0.3) is 5.91 Å². The van der Waals surface area contributed by atoms with Crippen LogP contribution in [0.1, 0.15) is 42.1 Å². The summed E-state index contributed by atoms with van der Waals surface area (Å²) in [6, 6.07) is 14.1. The van der Waals surface area contributed by atoms with E-state index in [4.69, 9.17) is 0 Å². The monoisotopic (exact) mass is 401 g/mol. The second kappa shape index (κ2) is 7.10. The number of para-hydroxylation sites is 1. The van der Waals surface area contributed by atoms with Gasteiger partial charge in [-0.25, -0.2) is 0 Å². The van der Waals surface area contributed by atoms with Gasteiger partial charge in [0, 0.05) is 22.1 Å². The molecule has 1 N–H and O–H groups in total. The van der Waals surface area contributed by atoms with Crippen LogP contribution in [0.3, 0.4) is 0 Å². The fraction of sp³-hybridized carbons (Fsp3) is 0.300. The highest BCUT2D eigenvalue weighted by Crippen LogP contribution is 2.42. The van der Waals surface area contributed by atoms with Crippen molar-refractivity contribution in [2.45, 2.75) is 31.8 Å². The van der Waals surface area contributed by atoms with Gasteiger partial charge >= 0.3 is 0 Å². The Morgan fingerprint density at radius 3 is 2.52 bits per heavy atom. The minimum absolute atomic E-state index is 0.254. The van der Waals surface area contributed by atoms with Crippen LogP contribution in [0, 0.1) is 0 Å². The van der Waals surface area contributed by atoms with E-state index in [0.29, 0.717) is 23.4 Å². The Morgan fingerprint density at radius 1 is 1.16 bits per heavy atom. The number of Topliss-reactive ketones (excluding diaryl/α,β-unsaturated/α-hetero) is 1. The standard InChI is InChI=1S/C20H20BrNO3/c1-2-3-12-22-17-7-5-4-6-16(17)20(25,19(22)24)13-18(23)14-8-10-15(21)11-9-14/h4-11,25H,2-3,12-13H2,1H3/t20-/m0/s1. The summed E-state index contributed by atoms with van der Waals surface area (Å²) in [6.45, 7) is 2.59. The molecule has 0 spiro atoms. The van der Waals surface area contributed by atoms with Crippen molar-refractivity contribution in [3.8, 4) is 0 Å². The Hall–Kier alpha value is -1.98. The minimum atomic E-state index is -1.80. The number of anilines is 1. The van der Waals surface area contributed by atoms with Crippen LogP contribution in [0.2, 0.25) is 0 Å². The molecular weight excluding hydrogens is 382 g/mol. The van der Waals surface area contributed by atoms with E-state index < -0.39 is 11.5 Å². The van der Waals surface area contributed by atoms with Crippen LogP contribution >= 0.6 is 15.9 Å².